The number of fused-ring (bicyclic) bond motifs is 2. The molecular weight excluding hydrogens is 331 g/mol. The molecule has 1 aromatic rings. The average molecular weight is 364 g/mol. The second-order valence-electron chi connectivity index (χ2n) is 9.01. The Bertz CT molecular complexity index is 619. The molecule has 2 heterocycles. The summed E-state index contributed by atoms with van der Waals surface area (Å²) in [6.07, 6.45) is 19.6. The van der Waals surface area contributed by atoms with Gasteiger partial charge in [-0.2, -0.15) is 0 Å². The van der Waals surface area contributed by atoms with Crippen molar-refractivity contribution in [3.8, 4) is 0 Å². The van der Waals surface area contributed by atoms with Crippen LogP contribution in [-0.2, 0) is 4.74 Å². The molecule has 1 aliphatic carbocycles. The second kappa shape index (κ2) is 9.12. The van der Waals surface area contributed by atoms with Crippen molar-refractivity contribution in [1.82, 2.24) is 0 Å². The Labute approximate surface area is 164 Å². The van der Waals surface area contributed by atoms with Crippen molar-refractivity contribution in [3.05, 3.63) is 48.0 Å². The number of hydrogen-bond donors (Lipinski definition) is 0. The van der Waals surface area contributed by atoms with Gasteiger partial charge in [0.15, 0.2) is 0 Å². The highest BCUT2D eigenvalue weighted by molar-refractivity contribution is 6.62. The third kappa shape index (κ3) is 4.86. The van der Waals surface area contributed by atoms with Gasteiger partial charge in [-0.3, -0.25) is 0 Å². The van der Waals surface area contributed by atoms with Crippen LogP contribution >= 0.6 is 0 Å². The summed E-state index contributed by atoms with van der Waals surface area (Å²) in [5, 5.41) is 0. The summed E-state index contributed by atoms with van der Waals surface area (Å²) in [6, 6.07) is 9.31. The van der Waals surface area contributed by atoms with Gasteiger partial charge in [-0.15, -0.1) is 0 Å². The van der Waals surface area contributed by atoms with E-state index >= 15 is 0 Å². The van der Waals surface area contributed by atoms with Crippen LogP contribution in [0.5, 0.6) is 0 Å². The van der Waals surface area contributed by atoms with Gasteiger partial charge in [0.05, 0.1) is 5.56 Å². The van der Waals surface area contributed by atoms with E-state index in [0.717, 1.165) is 31.2 Å². The lowest BCUT2D eigenvalue weighted by Crippen LogP contribution is -2.34. The molecule has 3 aliphatic rings. The molecule has 2 atom stereocenters. The molecule has 0 amide bonds. The lowest BCUT2D eigenvalue weighted by atomic mass is 9.25. The first-order valence-corrected chi connectivity index (χ1v) is 11.2. The minimum atomic E-state index is -0.201. The zero-order valence-corrected chi connectivity index (χ0v) is 16.5. The van der Waals surface area contributed by atoms with Crippen molar-refractivity contribution < 1.29 is 9.53 Å². The molecule has 1 aromatic carbocycles. The first-order chi connectivity index (χ1) is 13.3. The van der Waals surface area contributed by atoms with Gasteiger partial charge in [-0.05, 0) is 43.4 Å². The number of benzene rings is 1. The zero-order valence-electron chi connectivity index (χ0n) is 16.5. The summed E-state index contributed by atoms with van der Waals surface area (Å²) in [4.78, 5) is 12.2. The molecule has 2 aliphatic heterocycles. The molecule has 0 unspecified atom stereocenters. The van der Waals surface area contributed by atoms with E-state index in [2.05, 4.69) is 12.2 Å². The number of carbonyl (C=O) groups excluding carboxylic acids is 1. The van der Waals surface area contributed by atoms with Gasteiger partial charge in [-0.1, -0.05) is 87.2 Å². The Morgan fingerprint density at radius 2 is 1.63 bits per heavy atom. The highest BCUT2D eigenvalue weighted by atomic mass is 16.5. The third-order valence-corrected chi connectivity index (χ3v) is 7.31. The quantitative estimate of drug-likeness (QED) is 0.324. The van der Waals surface area contributed by atoms with E-state index in [9.17, 15) is 4.79 Å². The molecule has 4 rings (SSSR count). The van der Waals surface area contributed by atoms with E-state index in [1.165, 1.54) is 57.7 Å². The molecule has 0 radical (unpaired) electrons. The number of esters is 1. The average Bonchev–Trinajstić information content (AvgIpc) is 2.70. The number of rotatable bonds is 6. The van der Waals surface area contributed by atoms with Gasteiger partial charge in [-0.25, -0.2) is 4.79 Å². The summed E-state index contributed by atoms with van der Waals surface area (Å²) < 4.78 is 5.65. The fourth-order valence-corrected chi connectivity index (χ4v) is 5.87. The van der Waals surface area contributed by atoms with Crippen molar-refractivity contribution in [3.63, 3.8) is 0 Å². The molecule has 2 nitrogen and oxygen atoms in total. The van der Waals surface area contributed by atoms with Crippen molar-refractivity contribution in [2.45, 2.75) is 88.3 Å². The zero-order chi connectivity index (χ0) is 18.5. The van der Waals surface area contributed by atoms with Crippen molar-refractivity contribution in [2.24, 2.45) is 5.92 Å². The second-order valence-corrected chi connectivity index (χ2v) is 9.01. The first kappa shape index (κ1) is 18.8. The maximum atomic E-state index is 12.2. The number of hydrogen-bond acceptors (Lipinski definition) is 2. The first-order valence-electron chi connectivity index (χ1n) is 11.2. The van der Waals surface area contributed by atoms with Gasteiger partial charge < -0.3 is 4.74 Å². The molecule has 3 heteroatoms. The molecule has 27 heavy (non-hydrogen) atoms. The molecule has 0 saturated carbocycles. The van der Waals surface area contributed by atoms with Gasteiger partial charge in [0.1, 0.15) is 12.8 Å². The molecule has 2 saturated heterocycles. The Morgan fingerprint density at radius 3 is 2.26 bits per heavy atom. The smallest absolute Gasteiger partial charge is 0.338 e. The number of allylic oxidation sites excluding steroid dienone is 1. The van der Waals surface area contributed by atoms with Crippen LogP contribution < -0.4 is 0 Å². The Morgan fingerprint density at radius 1 is 0.926 bits per heavy atom. The van der Waals surface area contributed by atoms with E-state index in [-0.39, 0.29) is 12.1 Å². The fraction of sp³-hybridized carbons (Fsp3) is 0.625. The lowest BCUT2D eigenvalue weighted by molar-refractivity contribution is 0.0359. The standard InChI is InChI=1S/C24H33BO2/c26-24(20-8-2-1-3-9-20)27-23-16-14-19(15-17-23)7-6-18-25-21-10-4-11-22(25)13-5-12-21/h1-3,8-9,14,16,19,21-23H,4-7,10-13,15,17-18H2/t19-,21?,22?,23+/m0/s1. The minimum absolute atomic E-state index is 0.0494. The highest BCUT2D eigenvalue weighted by Gasteiger charge is 2.38. The summed E-state index contributed by atoms with van der Waals surface area (Å²) in [5.74, 6) is 2.56. The summed E-state index contributed by atoms with van der Waals surface area (Å²) in [6.45, 7) is 1.03. The van der Waals surface area contributed by atoms with Crippen LogP contribution in [0.3, 0.4) is 0 Å². The van der Waals surface area contributed by atoms with Gasteiger partial charge in [0, 0.05) is 0 Å². The predicted molar refractivity (Wildman–Crippen MR) is 113 cm³/mol. The van der Waals surface area contributed by atoms with Gasteiger partial charge in [0.25, 0.3) is 0 Å². The van der Waals surface area contributed by atoms with Crippen molar-refractivity contribution >= 4 is 12.7 Å². The van der Waals surface area contributed by atoms with Gasteiger partial charge >= 0.3 is 5.97 Å². The topological polar surface area (TPSA) is 26.3 Å². The molecule has 144 valence electrons. The van der Waals surface area contributed by atoms with Crippen LogP contribution in [0.2, 0.25) is 18.0 Å². The molecule has 0 spiro atoms. The number of ether oxygens (including phenoxy) is 1. The third-order valence-electron chi connectivity index (χ3n) is 7.31. The van der Waals surface area contributed by atoms with E-state index in [4.69, 9.17) is 4.74 Å². The molecule has 0 N–H and O–H groups in total. The van der Waals surface area contributed by atoms with E-state index in [1.54, 1.807) is 0 Å². The minimum Gasteiger partial charge on any atom is -0.455 e. The maximum Gasteiger partial charge on any atom is 0.338 e. The van der Waals surface area contributed by atoms with Crippen LogP contribution in [0.1, 0.15) is 74.6 Å². The van der Waals surface area contributed by atoms with Crippen molar-refractivity contribution in [2.75, 3.05) is 0 Å². The highest BCUT2D eigenvalue weighted by Crippen LogP contribution is 2.48. The number of carbonyl (C=O) groups is 1. The Balaban J connectivity index is 1.20. The molecular formula is C24H33BO2. The van der Waals surface area contributed by atoms with Crippen LogP contribution in [0.25, 0.3) is 0 Å². The molecule has 2 bridgehead atoms. The SMILES string of the molecule is O=C(O[C@@H]1C=C[C@H](CCCB2C3CCCC2CCC3)CC1)c1ccccc1. The fourth-order valence-electron chi connectivity index (χ4n) is 5.87. The van der Waals surface area contributed by atoms with Crippen LogP contribution in [0, 0.1) is 5.92 Å². The summed E-state index contributed by atoms with van der Waals surface area (Å²) in [5.41, 5.74) is 0.644. The monoisotopic (exact) mass is 364 g/mol. The maximum absolute atomic E-state index is 12.2. The predicted octanol–water partition coefficient (Wildman–Crippen LogP) is 6.56. The van der Waals surface area contributed by atoms with E-state index in [1.807, 2.05) is 30.3 Å². The van der Waals surface area contributed by atoms with Crippen LogP contribution in [-0.4, -0.2) is 18.8 Å². The Hall–Kier alpha value is -1.51. The molecule has 0 aromatic heterocycles. The van der Waals surface area contributed by atoms with Crippen molar-refractivity contribution in [1.29, 1.82) is 0 Å². The largest absolute Gasteiger partial charge is 0.455 e. The summed E-state index contributed by atoms with van der Waals surface area (Å²) in [7, 11) is 0. The van der Waals surface area contributed by atoms with Gasteiger partial charge in [0.2, 0.25) is 0 Å². The van der Waals surface area contributed by atoms with Crippen LogP contribution in [0.4, 0.5) is 0 Å². The Kier molecular flexibility index (Phi) is 6.37. The van der Waals surface area contributed by atoms with E-state index in [0.29, 0.717) is 11.5 Å². The summed E-state index contributed by atoms with van der Waals surface area (Å²) >= 11 is 0. The normalized spacial score (nSPS) is 30.1. The molecule has 2 fully saturated rings. The lowest BCUT2D eigenvalue weighted by Gasteiger charge is -2.40. The van der Waals surface area contributed by atoms with Crippen LogP contribution in [0.15, 0.2) is 42.5 Å². The van der Waals surface area contributed by atoms with E-state index < -0.39 is 0 Å².